The molecular formula is C16H16FN3. The van der Waals surface area contributed by atoms with Crippen LogP contribution in [0.5, 0.6) is 0 Å². The average molecular weight is 269 g/mol. The molecule has 0 aliphatic rings. The molecule has 102 valence electrons. The Bertz CT molecular complexity index is 762. The second-order valence-corrected chi connectivity index (χ2v) is 4.94. The molecule has 0 spiro atoms. The second kappa shape index (κ2) is 4.96. The topological polar surface area (TPSA) is 43.8 Å². The van der Waals surface area contributed by atoms with Gasteiger partial charge in [-0.15, -0.1) is 0 Å². The van der Waals surface area contributed by atoms with Crippen molar-refractivity contribution >= 4 is 17.0 Å². The van der Waals surface area contributed by atoms with Crippen molar-refractivity contribution in [2.24, 2.45) is 0 Å². The highest BCUT2D eigenvalue weighted by Crippen LogP contribution is 2.21. The maximum atomic E-state index is 13.2. The number of hydrogen-bond donors (Lipinski definition) is 1. The number of hydrogen-bond acceptors (Lipinski definition) is 2. The Labute approximate surface area is 116 Å². The minimum Gasteiger partial charge on any atom is -0.369 e. The number of nitrogens with zero attached hydrogens (tertiary/aromatic N) is 2. The van der Waals surface area contributed by atoms with E-state index >= 15 is 0 Å². The molecule has 2 N–H and O–H groups in total. The molecule has 1 heterocycles. The van der Waals surface area contributed by atoms with Crippen molar-refractivity contribution in [1.29, 1.82) is 0 Å². The van der Waals surface area contributed by atoms with E-state index in [9.17, 15) is 4.39 Å². The van der Waals surface area contributed by atoms with Crippen LogP contribution in [0.2, 0.25) is 0 Å². The summed E-state index contributed by atoms with van der Waals surface area (Å²) in [5, 5.41) is 0. The molecule has 3 nitrogen and oxygen atoms in total. The maximum absolute atomic E-state index is 13.2. The highest BCUT2D eigenvalue weighted by molar-refractivity contribution is 5.81. The zero-order chi connectivity index (χ0) is 14.1. The number of aromatic nitrogens is 2. The van der Waals surface area contributed by atoms with Crippen molar-refractivity contribution < 1.29 is 4.39 Å². The molecule has 0 amide bonds. The van der Waals surface area contributed by atoms with Crippen molar-refractivity contribution in [3.63, 3.8) is 0 Å². The van der Waals surface area contributed by atoms with Crippen LogP contribution in [0.1, 0.15) is 11.1 Å². The third kappa shape index (κ3) is 2.25. The summed E-state index contributed by atoms with van der Waals surface area (Å²) in [6.07, 6.45) is 0.724. The van der Waals surface area contributed by atoms with Crippen LogP contribution in [-0.2, 0) is 13.0 Å². The summed E-state index contributed by atoms with van der Waals surface area (Å²) >= 11 is 0. The number of imidazole rings is 1. The van der Waals surface area contributed by atoms with Crippen molar-refractivity contribution in [2.45, 2.75) is 19.9 Å². The maximum Gasteiger partial charge on any atom is 0.201 e. The van der Waals surface area contributed by atoms with Gasteiger partial charge in [0.2, 0.25) is 5.95 Å². The van der Waals surface area contributed by atoms with E-state index in [0.29, 0.717) is 12.5 Å². The van der Waals surface area contributed by atoms with Gasteiger partial charge in [-0.3, -0.25) is 0 Å². The fourth-order valence-electron chi connectivity index (χ4n) is 2.54. The van der Waals surface area contributed by atoms with Gasteiger partial charge in [-0.2, -0.15) is 0 Å². The molecule has 0 unspecified atom stereocenters. The van der Waals surface area contributed by atoms with Gasteiger partial charge in [-0.25, -0.2) is 9.37 Å². The van der Waals surface area contributed by atoms with E-state index in [1.54, 1.807) is 12.1 Å². The first kappa shape index (κ1) is 12.7. The summed E-state index contributed by atoms with van der Waals surface area (Å²) in [5.41, 5.74) is 10.1. The van der Waals surface area contributed by atoms with Crippen LogP contribution in [0.4, 0.5) is 10.3 Å². The number of halogens is 1. The highest BCUT2D eigenvalue weighted by atomic mass is 19.1. The molecule has 3 aromatic rings. The lowest BCUT2D eigenvalue weighted by molar-refractivity contribution is 0.623. The largest absolute Gasteiger partial charge is 0.369 e. The number of benzene rings is 2. The van der Waals surface area contributed by atoms with Crippen molar-refractivity contribution in [3.05, 3.63) is 59.4 Å². The smallest absolute Gasteiger partial charge is 0.201 e. The third-order valence-corrected chi connectivity index (χ3v) is 3.51. The lowest BCUT2D eigenvalue weighted by Crippen LogP contribution is -2.06. The van der Waals surface area contributed by atoms with Crippen LogP contribution in [0, 0.1) is 12.7 Å². The summed E-state index contributed by atoms with van der Waals surface area (Å²) < 4.78 is 15.2. The van der Waals surface area contributed by atoms with Crippen LogP contribution in [0.15, 0.2) is 42.5 Å². The standard InChI is InChI=1S/C16H16FN3/c1-11-4-2-7-14-15(11)20(16(18)19-14)9-8-12-5-3-6-13(17)10-12/h2-7,10H,8-9H2,1H3,(H2,18,19). The van der Waals surface area contributed by atoms with Crippen LogP contribution in [0.25, 0.3) is 11.0 Å². The zero-order valence-corrected chi connectivity index (χ0v) is 11.3. The van der Waals surface area contributed by atoms with Gasteiger partial charge >= 0.3 is 0 Å². The van der Waals surface area contributed by atoms with Gasteiger partial charge in [0.25, 0.3) is 0 Å². The number of fused-ring (bicyclic) bond motifs is 1. The van der Waals surface area contributed by atoms with Gasteiger partial charge in [0.1, 0.15) is 5.82 Å². The highest BCUT2D eigenvalue weighted by Gasteiger charge is 2.10. The fourth-order valence-corrected chi connectivity index (χ4v) is 2.54. The molecule has 2 aromatic carbocycles. The van der Waals surface area contributed by atoms with E-state index in [0.717, 1.165) is 28.6 Å². The molecule has 0 fully saturated rings. The normalized spacial score (nSPS) is 11.1. The van der Waals surface area contributed by atoms with E-state index < -0.39 is 0 Å². The SMILES string of the molecule is Cc1cccc2nc(N)n(CCc3cccc(F)c3)c12. The van der Waals surface area contributed by atoms with E-state index in [1.165, 1.54) is 6.07 Å². The van der Waals surface area contributed by atoms with Gasteiger partial charge in [0.05, 0.1) is 11.0 Å². The average Bonchev–Trinajstić information content (AvgIpc) is 2.74. The number of anilines is 1. The molecule has 0 aliphatic carbocycles. The first-order chi connectivity index (χ1) is 9.65. The Balaban J connectivity index is 1.93. The molecule has 20 heavy (non-hydrogen) atoms. The second-order valence-electron chi connectivity index (χ2n) is 4.94. The van der Waals surface area contributed by atoms with Gasteiger partial charge in [0.15, 0.2) is 0 Å². The van der Waals surface area contributed by atoms with Gasteiger partial charge in [0, 0.05) is 6.54 Å². The fraction of sp³-hybridized carbons (Fsp3) is 0.188. The van der Waals surface area contributed by atoms with Crippen molar-refractivity contribution in [3.8, 4) is 0 Å². The molecule has 0 aliphatic heterocycles. The molecule has 0 radical (unpaired) electrons. The first-order valence-corrected chi connectivity index (χ1v) is 6.61. The molecule has 0 saturated heterocycles. The number of nitrogens with two attached hydrogens (primary N) is 1. The number of aryl methyl sites for hydroxylation is 3. The minimum absolute atomic E-state index is 0.206. The Morgan fingerprint density at radius 2 is 2.00 bits per heavy atom. The van der Waals surface area contributed by atoms with E-state index in [1.807, 2.05) is 35.8 Å². The molecule has 0 atom stereocenters. The molecule has 4 heteroatoms. The minimum atomic E-state index is -0.206. The lowest BCUT2D eigenvalue weighted by Gasteiger charge is -2.08. The van der Waals surface area contributed by atoms with Crippen molar-refractivity contribution in [1.82, 2.24) is 9.55 Å². The predicted molar refractivity (Wildman–Crippen MR) is 79.0 cm³/mol. The Hall–Kier alpha value is -2.36. The molecular weight excluding hydrogens is 253 g/mol. The van der Waals surface area contributed by atoms with E-state index in [4.69, 9.17) is 5.73 Å². The summed E-state index contributed by atoms with van der Waals surface area (Å²) in [4.78, 5) is 4.37. The summed E-state index contributed by atoms with van der Waals surface area (Å²) in [7, 11) is 0. The summed E-state index contributed by atoms with van der Waals surface area (Å²) in [5.74, 6) is 0.299. The first-order valence-electron chi connectivity index (χ1n) is 6.61. The van der Waals surface area contributed by atoms with Gasteiger partial charge < -0.3 is 10.3 Å². The number of para-hydroxylation sites is 1. The van der Waals surface area contributed by atoms with Crippen LogP contribution in [-0.4, -0.2) is 9.55 Å². The number of rotatable bonds is 3. The molecule has 0 bridgehead atoms. The summed E-state index contributed by atoms with van der Waals surface area (Å²) in [6.45, 7) is 2.73. The van der Waals surface area contributed by atoms with E-state index in [2.05, 4.69) is 4.98 Å². The van der Waals surface area contributed by atoms with Gasteiger partial charge in [-0.05, 0) is 42.7 Å². The van der Waals surface area contributed by atoms with Crippen LogP contribution < -0.4 is 5.73 Å². The Kier molecular flexibility index (Phi) is 3.14. The zero-order valence-electron chi connectivity index (χ0n) is 11.3. The van der Waals surface area contributed by atoms with Crippen LogP contribution in [0.3, 0.4) is 0 Å². The Morgan fingerprint density at radius 1 is 1.20 bits per heavy atom. The molecule has 3 rings (SSSR count). The van der Waals surface area contributed by atoms with Crippen molar-refractivity contribution in [2.75, 3.05) is 5.73 Å². The Morgan fingerprint density at radius 3 is 2.80 bits per heavy atom. The van der Waals surface area contributed by atoms with Gasteiger partial charge in [-0.1, -0.05) is 24.3 Å². The quantitative estimate of drug-likeness (QED) is 0.792. The third-order valence-electron chi connectivity index (χ3n) is 3.51. The number of nitrogen functional groups attached to an aromatic ring is 1. The van der Waals surface area contributed by atoms with Crippen LogP contribution >= 0.6 is 0 Å². The molecule has 1 aromatic heterocycles. The monoisotopic (exact) mass is 269 g/mol. The summed E-state index contributed by atoms with van der Waals surface area (Å²) in [6, 6.07) is 12.6. The predicted octanol–water partition coefficient (Wildman–Crippen LogP) is 3.31. The molecule has 0 saturated carbocycles. The lowest BCUT2D eigenvalue weighted by atomic mass is 10.1. The van der Waals surface area contributed by atoms with E-state index in [-0.39, 0.29) is 5.82 Å².